The number of thiazole rings is 1. The lowest BCUT2D eigenvalue weighted by molar-refractivity contribution is 0.0963. The number of rotatable bonds is 3. The summed E-state index contributed by atoms with van der Waals surface area (Å²) in [5, 5.41) is 9.03. The summed E-state index contributed by atoms with van der Waals surface area (Å²) in [6, 6.07) is 5.25. The molecule has 0 aliphatic carbocycles. The summed E-state index contributed by atoms with van der Waals surface area (Å²) in [5.41, 5.74) is 2.75. The first-order valence-corrected chi connectivity index (χ1v) is 9.67. The van der Waals surface area contributed by atoms with Gasteiger partial charge in [0.15, 0.2) is 5.58 Å². The molecule has 0 radical (unpaired) electrons. The van der Waals surface area contributed by atoms with E-state index in [2.05, 4.69) is 20.5 Å². The molecule has 1 amide bonds. The zero-order valence-corrected chi connectivity index (χ0v) is 15.2. The number of fused-ring (bicyclic) bond motifs is 3. The van der Waals surface area contributed by atoms with E-state index in [9.17, 15) is 4.79 Å². The fourth-order valence-corrected chi connectivity index (χ4v) is 4.55. The molecule has 2 aromatic heterocycles. The average molecular weight is 369 g/mol. The molecule has 0 saturated carbocycles. The lowest BCUT2D eigenvalue weighted by Crippen LogP contribution is -2.51. The third-order valence-corrected chi connectivity index (χ3v) is 5.92. The molecule has 26 heavy (non-hydrogen) atoms. The Bertz CT molecular complexity index is 956. The van der Waals surface area contributed by atoms with E-state index in [1.807, 2.05) is 11.4 Å². The predicted molar refractivity (Wildman–Crippen MR) is 101 cm³/mol. The summed E-state index contributed by atoms with van der Waals surface area (Å²) >= 11 is 1.52. The van der Waals surface area contributed by atoms with Crippen LogP contribution in [0, 0.1) is 0 Å². The molecule has 2 aliphatic heterocycles. The fourth-order valence-electron chi connectivity index (χ4n) is 3.90. The largest absolute Gasteiger partial charge is 0.423 e. The lowest BCUT2D eigenvalue weighted by atomic mass is 10.1. The summed E-state index contributed by atoms with van der Waals surface area (Å²) in [6.07, 6.45) is 4.16. The molecule has 5 rings (SSSR count). The minimum Gasteiger partial charge on any atom is -0.423 e. The highest BCUT2D eigenvalue weighted by Crippen LogP contribution is 2.35. The minimum atomic E-state index is -0.144. The van der Waals surface area contributed by atoms with E-state index < -0.39 is 0 Å². The van der Waals surface area contributed by atoms with Gasteiger partial charge in [-0.05, 0) is 25.0 Å². The Morgan fingerprint density at radius 1 is 1.35 bits per heavy atom. The highest BCUT2D eigenvalue weighted by molar-refractivity contribution is 7.13. The smallest absolute Gasteiger partial charge is 0.298 e. The first kappa shape index (κ1) is 15.8. The standard InChI is InChI=1S/C18H19N5O2S/c1-19-16(24)10-6-13(17-20-4-5-26-17)15-14(7-10)22-18(25-15)23-8-11-2-3-12(9-23)21-11/h4-7,11-12,21H,2-3,8-9H2,1H3,(H,19,24). The van der Waals surface area contributed by atoms with Crippen molar-refractivity contribution in [3.05, 3.63) is 29.3 Å². The number of nitrogens with zero attached hydrogens (tertiary/aromatic N) is 3. The van der Waals surface area contributed by atoms with Gasteiger partial charge in [-0.1, -0.05) is 0 Å². The average Bonchev–Trinajstić information content (AvgIpc) is 3.39. The van der Waals surface area contributed by atoms with Crippen LogP contribution in [0.15, 0.2) is 28.1 Å². The number of carbonyl (C=O) groups excluding carboxylic acids is 1. The van der Waals surface area contributed by atoms with Gasteiger partial charge in [-0.2, -0.15) is 4.98 Å². The fraction of sp³-hybridized carbons (Fsp3) is 0.389. The molecule has 2 N–H and O–H groups in total. The number of carbonyl (C=O) groups is 1. The molecule has 2 unspecified atom stereocenters. The molecule has 4 heterocycles. The number of hydrogen-bond donors (Lipinski definition) is 2. The van der Waals surface area contributed by atoms with Crippen molar-refractivity contribution in [2.75, 3.05) is 25.0 Å². The van der Waals surface area contributed by atoms with Crippen molar-refractivity contribution < 1.29 is 9.21 Å². The van der Waals surface area contributed by atoms with Crippen LogP contribution >= 0.6 is 11.3 Å². The van der Waals surface area contributed by atoms with Crippen LogP contribution in [0.3, 0.4) is 0 Å². The van der Waals surface area contributed by atoms with Crippen molar-refractivity contribution in [2.24, 2.45) is 0 Å². The monoisotopic (exact) mass is 369 g/mol. The molecule has 2 fully saturated rings. The SMILES string of the molecule is CNC(=O)c1cc(-c2nccs2)c2oc(N3CC4CCC(C3)N4)nc2c1. The predicted octanol–water partition coefficient (Wildman–Crippen LogP) is 2.25. The molecule has 134 valence electrons. The van der Waals surface area contributed by atoms with E-state index in [0.29, 0.717) is 34.8 Å². The van der Waals surface area contributed by atoms with Gasteiger partial charge in [-0.25, -0.2) is 4.98 Å². The second-order valence-corrected chi connectivity index (χ2v) is 7.72. The highest BCUT2D eigenvalue weighted by atomic mass is 32.1. The lowest BCUT2D eigenvalue weighted by Gasteiger charge is -2.31. The van der Waals surface area contributed by atoms with E-state index >= 15 is 0 Å². The van der Waals surface area contributed by atoms with Crippen LogP contribution in [0.4, 0.5) is 6.01 Å². The zero-order valence-electron chi connectivity index (χ0n) is 14.4. The Morgan fingerprint density at radius 3 is 2.85 bits per heavy atom. The van der Waals surface area contributed by atoms with Crippen LogP contribution in [0.25, 0.3) is 21.7 Å². The van der Waals surface area contributed by atoms with E-state index in [0.717, 1.165) is 23.7 Å². The number of aromatic nitrogens is 2. The van der Waals surface area contributed by atoms with Gasteiger partial charge in [-0.15, -0.1) is 11.3 Å². The van der Waals surface area contributed by atoms with Crippen LogP contribution in [0.5, 0.6) is 0 Å². The van der Waals surface area contributed by atoms with Gasteiger partial charge < -0.3 is 20.0 Å². The Labute approximate surface area is 154 Å². The zero-order chi connectivity index (χ0) is 17.7. The van der Waals surface area contributed by atoms with Gasteiger partial charge in [-0.3, -0.25) is 4.79 Å². The van der Waals surface area contributed by atoms with Gasteiger partial charge >= 0.3 is 0 Å². The summed E-state index contributed by atoms with van der Waals surface area (Å²) in [4.78, 5) is 23.5. The van der Waals surface area contributed by atoms with Crippen LogP contribution in [-0.2, 0) is 0 Å². The molecule has 2 aliphatic rings. The van der Waals surface area contributed by atoms with Crippen LogP contribution in [0.1, 0.15) is 23.2 Å². The molecule has 7 nitrogen and oxygen atoms in total. The third-order valence-electron chi connectivity index (χ3n) is 5.12. The van der Waals surface area contributed by atoms with Crippen LogP contribution < -0.4 is 15.5 Å². The maximum atomic E-state index is 12.2. The van der Waals surface area contributed by atoms with Crippen molar-refractivity contribution in [1.82, 2.24) is 20.6 Å². The number of nitrogens with one attached hydrogen (secondary N) is 2. The molecule has 2 saturated heterocycles. The van der Waals surface area contributed by atoms with Gasteiger partial charge in [0.25, 0.3) is 11.9 Å². The normalized spacial score (nSPS) is 22.1. The first-order chi connectivity index (χ1) is 12.7. The van der Waals surface area contributed by atoms with E-state index in [1.54, 1.807) is 19.3 Å². The first-order valence-electron chi connectivity index (χ1n) is 8.79. The number of oxazole rings is 1. The van der Waals surface area contributed by atoms with Crippen molar-refractivity contribution in [3.63, 3.8) is 0 Å². The number of anilines is 1. The maximum absolute atomic E-state index is 12.2. The number of benzene rings is 1. The van der Waals surface area contributed by atoms with Crippen molar-refractivity contribution in [2.45, 2.75) is 24.9 Å². The Hall–Kier alpha value is -2.45. The summed E-state index contributed by atoms with van der Waals surface area (Å²) in [7, 11) is 1.63. The van der Waals surface area contributed by atoms with Gasteiger partial charge in [0.05, 0.1) is 5.56 Å². The molecule has 3 aromatic rings. The Balaban J connectivity index is 1.62. The molecular formula is C18H19N5O2S. The summed E-state index contributed by atoms with van der Waals surface area (Å²) in [6.45, 7) is 1.80. The number of piperazine rings is 1. The summed E-state index contributed by atoms with van der Waals surface area (Å²) in [5.74, 6) is -0.144. The van der Waals surface area contributed by atoms with E-state index in [1.165, 1.54) is 24.2 Å². The number of amides is 1. The molecule has 2 atom stereocenters. The topological polar surface area (TPSA) is 83.3 Å². The highest BCUT2D eigenvalue weighted by Gasteiger charge is 2.34. The van der Waals surface area contributed by atoms with Gasteiger partial charge in [0.1, 0.15) is 10.5 Å². The Morgan fingerprint density at radius 2 is 2.15 bits per heavy atom. The van der Waals surface area contributed by atoms with Gasteiger partial charge in [0, 0.05) is 49.4 Å². The van der Waals surface area contributed by atoms with Crippen molar-refractivity contribution in [1.29, 1.82) is 0 Å². The molecule has 8 heteroatoms. The molecular weight excluding hydrogens is 350 g/mol. The van der Waals surface area contributed by atoms with Crippen LogP contribution in [0.2, 0.25) is 0 Å². The molecule has 1 aromatic carbocycles. The number of hydrogen-bond acceptors (Lipinski definition) is 7. The Kier molecular flexibility index (Phi) is 3.68. The van der Waals surface area contributed by atoms with Gasteiger partial charge in [0.2, 0.25) is 0 Å². The minimum absolute atomic E-state index is 0.144. The third kappa shape index (κ3) is 2.57. The maximum Gasteiger partial charge on any atom is 0.298 e. The van der Waals surface area contributed by atoms with E-state index in [4.69, 9.17) is 9.40 Å². The van der Waals surface area contributed by atoms with Crippen molar-refractivity contribution in [3.8, 4) is 10.6 Å². The molecule has 2 bridgehead atoms. The molecule has 0 spiro atoms. The summed E-state index contributed by atoms with van der Waals surface area (Å²) < 4.78 is 6.18. The van der Waals surface area contributed by atoms with E-state index in [-0.39, 0.29) is 5.91 Å². The van der Waals surface area contributed by atoms with Crippen LogP contribution in [-0.4, -0.2) is 48.1 Å². The second-order valence-electron chi connectivity index (χ2n) is 6.83. The quantitative estimate of drug-likeness (QED) is 0.737. The second kappa shape index (κ2) is 6.07. The van der Waals surface area contributed by atoms with Crippen molar-refractivity contribution >= 4 is 34.4 Å².